The number of hydrogen-bond donors (Lipinski definition) is 1. The molecule has 0 aromatic carbocycles. The molecule has 1 aromatic rings. The zero-order chi connectivity index (χ0) is 10.5. The number of rotatable bonds is 5. The van der Waals surface area contributed by atoms with Gasteiger partial charge in [0.05, 0.1) is 6.10 Å². The van der Waals surface area contributed by atoms with E-state index in [0.717, 1.165) is 13.2 Å². The molecule has 84 valence electrons. The summed E-state index contributed by atoms with van der Waals surface area (Å²) in [5.74, 6) is 0. The average molecular weight is 208 g/mol. The fourth-order valence-corrected chi connectivity index (χ4v) is 2.12. The van der Waals surface area contributed by atoms with Crippen LogP contribution in [0.5, 0.6) is 0 Å². The van der Waals surface area contributed by atoms with Crippen LogP contribution in [0.3, 0.4) is 0 Å². The van der Waals surface area contributed by atoms with Gasteiger partial charge in [-0.1, -0.05) is 0 Å². The van der Waals surface area contributed by atoms with Crippen molar-refractivity contribution >= 4 is 0 Å². The van der Waals surface area contributed by atoms with Gasteiger partial charge in [-0.2, -0.15) is 0 Å². The first-order valence-corrected chi connectivity index (χ1v) is 5.85. The van der Waals surface area contributed by atoms with Crippen LogP contribution in [0.15, 0.2) is 18.5 Å². The Morgan fingerprint density at radius 3 is 3.13 bits per heavy atom. The molecule has 0 saturated carbocycles. The molecule has 0 bridgehead atoms. The molecule has 0 radical (unpaired) electrons. The molecule has 1 aromatic heterocycles. The average Bonchev–Trinajstić information content (AvgIpc) is 2.88. The summed E-state index contributed by atoms with van der Waals surface area (Å²) in [6.45, 7) is 2.68. The van der Waals surface area contributed by atoms with Crippen LogP contribution in [0.4, 0.5) is 0 Å². The van der Waals surface area contributed by atoms with Crippen molar-refractivity contribution in [1.82, 2.24) is 4.57 Å². The summed E-state index contributed by atoms with van der Waals surface area (Å²) in [6.07, 6.45) is 9.65. The standard InChI is InChI=1S/C12H20N2O/c13-9-11-5-7-14(10-11)6-1-3-12-4-2-8-15-12/h5,7,10,12H,1-4,6,8-9,13H2. The van der Waals surface area contributed by atoms with E-state index in [-0.39, 0.29) is 0 Å². The minimum absolute atomic E-state index is 0.523. The van der Waals surface area contributed by atoms with Gasteiger partial charge in [-0.15, -0.1) is 0 Å². The Balaban J connectivity index is 1.68. The van der Waals surface area contributed by atoms with E-state index in [2.05, 4.69) is 23.0 Å². The summed E-state index contributed by atoms with van der Waals surface area (Å²) in [7, 11) is 0. The summed E-state index contributed by atoms with van der Waals surface area (Å²) in [5, 5.41) is 0. The fourth-order valence-electron chi connectivity index (χ4n) is 2.12. The lowest BCUT2D eigenvalue weighted by Crippen LogP contribution is -2.06. The van der Waals surface area contributed by atoms with E-state index in [4.69, 9.17) is 10.5 Å². The van der Waals surface area contributed by atoms with Crippen LogP contribution in [0.25, 0.3) is 0 Å². The molecule has 0 amide bonds. The van der Waals surface area contributed by atoms with E-state index >= 15 is 0 Å². The molecule has 15 heavy (non-hydrogen) atoms. The Morgan fingerprint density at radius 2 is 2.47 bits per heavy atom. The Hall–Kier alpha value is -0.800. The van der Waals surface area contributed by atoms with Gasteiger partial charge in [0.25, 0.3) is 0 Å². The van der Waals surface area contributed by atoms with Crippen molar-refractivity contribution in [2.45, 2.75) is 44.9 Å². The molecular weight excluding hydrogens is 188 g/mol. The van der Waals surface area contributed by atoms with Gasteiger partial charge < -0.3 is 15.0 Å². The summed E-state index contributed by atoms with van der Waals surface area (Å²) in [5.41, 5.74) is 6.77. The molecule has 1 fully saturated rings. The van der Waals surface area contributed by atoms with Crippen molar-refractivity contribution in [3.05, 3.63) is 24.0 Å². The number of ether oxygens (including phenoxy) is 1. The van der Waals surface area contributed by atoms with Crippen molar-refractivity contribution < 1.29 is 4.74 Å². The highest BCUT2D eigenvalue weighted by Crippen LogP contribution is 2.17. The Bertz CT molecular complexity index is 290. The van der Waals surface area contributed by atoms with Crippen LogP contribution in [0.2, 0.25) is 0 Å². The van der Waals surface area contributed by atoms with Gasteiger partial charge in [0.2, 0.25) is 0 Å². The van der Waals surface area contributed by atoms with E-state index in [1.165, 1.54) is 31.2 Å². The quantitative estimate of drug-likeness (QED) is 0.803. The van der Waals surface area contributed by atoms with E-state index in [0.29, 0.717) is 12.6 Å². The lowest BCUT2D eigenvalue weighted by Gasteiger charge is -2.09. The largest absolute Gasteiger partial charge is 0.378 e. The lowest BCUT2D eigenvalue weighted by atomic mass is 10.1. The second-order valence-corrected chi connectivity index (χ2v) is 4.24. The molecule has 2 N–H and O–H groups in total. The van der Waals surface area contributed by atoms with Crippen LogP contribution in [0.1, 0.15) is 31.2 Å². The fraction of sp³-hybridized carbons (Fsp3) is 0.667. The summed E-state index contributed by atoms with van der Waals surface area (Å²) >= 11 is 0. The SMILES string of the molecule is NCc1ccn(CCCC2CCCO2)c1. The van der Waals surface area contributed by atoms with Gasteiger partial charge >= 0.3 is 0 Å². The van der Waals surface area contributed by atoms with E-state index in [1.807, 2.05) is 0 Å². The molecule has 1 aliphatic rings. The van der Waals surface area contributed by atoms with Gasteiger partial charge in [-0.05, 0) is 37.3 Å². The second-order valence-electron chi connectivity index (χ2n) is 4.24. The highest BCUT2D eigenvalue weighted by atomic mass is 16.5. The third-order valence-corrected chi connectivity index (χ3v) is 3.01. The number of nitrogens with zero attached hydrogens (tertiary/aromatic N) is 1. The van der Waals surface area contributed by atoms with Crippen LogP contribution >= 0.6 is 0 Å². The van der Waals surface area contributed by atoms with Gasteiger partial charge in [0.15, 0.2) is 0 Å². The second kappa shape index (κ2) is 5.33. The molecule has 1 saturated heterocycles. The van der Waals surface area contributed by atoms with Crippen molar-refractivity contribution in [1.29, 1.82) is 0 Å². The molecule has 2 rings (SSSR count). The predicted octanol–water partition coefficient (Wildman–Crippen LogP) is 1.91. The van der Waals surface area contributed by atoms with Gasteiger partial charge in [0.1, 0.15) is 0 Å². The third-order valence-electron chi connectivity index (χ3n) is 3.01. The Morgan fingerprint density at radius 1 is 1.53 bits per heavy atom. The molecule has 1 unspecified atom stereocenters. The van der Waals surface area contributed by atoms with Gasteiger partial charge in [-0.25, -0.2) is 0 Å². The number of hydrogen-bond acceptors (Lipinski definition) is 2. The predicted molar refractivity (Wildman–Crippen MR) is 60.5 cm³/mol. The number of aryl methyl sites for hydroxylation is 1. The van der Waals surface area contributed by atoms with Crippen molar-refractivity contribution in [2.75, 3.05) is 6.61 Å². The molecule has 0 aliphatic carbocycles. The van der Waals surface area contributed by atoms with E-state index in [9.17, 15) is 0 Å². The first-order chi connectivity index (χ1) is 7.38. The van der Waals surface area contributed by atoms with Crippen LogP contribution in [0, 0.1) is 0 Å². The molecule has 0 spiro atoms. The lowest BCUT2D eigenvalue weighted by molar-refractivity contribution is 0.101. The molecule has 1 atom stereocenters. The highest BCUT2D eigenvalue weighted by molar-refractivity contribution is 5.09. The highest BCUT2D eigenvalue weighted by Gasteiger charge is 2.14. The Kier molecular flexibility index (Phi) is 3.80. The maximum atomic E-state index is 5.59. The summed E-state index contributed by atoms with van der Waals surface area (Å²) in [6, 6.07) is 2.09. The molecule has 3 heteroatoms. The van der Waals surface area contributed by atoms with E-state index in [1.54, 1.807) is 0 Å². The van der Waals surface area contributed by atoms with Crippen LogP contribution in [-0.2, 0) is 17.8 Å². The van der Waals surface area contributed by atoms with Crippen molar-refractivity contribution in [2.24, 2.45) is 5.73 Å². The number of aromatic nitrogens is 1. The minimum Gasteiger partial charge on any atom is -0.378 e. The molecule has 1 aliphatic heterocycles. The van der Waals surface area contributed by atoms with Crippen LogP contribution in [-0.4, -0.2) is 17.3 Å². The normalized spacial score (nSPS) is 21.0. The minimum atomic E-state index is 0.523. The third kappa shape index (κ3) is 3.08. The summed E-state index contributed by atoms with van der Waals surface area (Å²) < 4.78 is 7.81. The van der Waals surface area contributed by atoms with Crippen LogP contribution < -0.4 is 5.73 Å². The molecule has 3 nitrogen and oxygen atoms in total. The Labute approximate surface area is 91.2 Å². The smallest absolute Gasteiger partial charge is 0.0576 e. The maximum Gasteiger partial charge on any atom is 0.0576 e. The first-order valence-electron chi connectivity index (χ1n) is 5.85. The van der Waals surface area contributed by atoms with Gasteiger partial charge in [0, 0.05) is 32.1 Å². The zero-order valence-electron chi connectivity index (χ0n) is 9.19. The van der Waals surface area contributed by atoms with Gasteiger partial charge in [-0.3, -0.25) is 0 Å². The van der Waals surface area contributed by atoms with Crippen molar-refractivity contribution in [3.63, 3.8) is 0 Å². The summed E-state index contributed by atoms with van der Waals surface area (Å²) in [4.78, 5) is 0. The zero-order valence-corrected chi connectivity index (χ0v) is 9.19. The maximum absolute atomic E-state index is 5.59. The van der Waals surface area contributed by atoms with Crippen molar-refractivity contribution in [3.8, 4) is 0 Å². The first kappa shape index (κ1) is 10.7. The number of nitrogens with two attached hydrogens (primary N) is 1. The topological polar surface area (TPSA) is 40.2 Å². The van der Waals surface area contributed by atoms with E-state index < -0.39 is 0 Å². The molecular formula is C12H20N2O. The monoisotopic (exact) mass is 208 g/mol. The molecule has 2 heterocycles.